The van der Waals surface area contributed by atoms with Crippen LogP contribution in [0.3, 0.4) is 0 Å². The van der Waals surface area contributed by atoms with Crippen LogP contribution < -0.4 is 0 Å². The molecule has 0 spiro atoms. The third kappa shape index (κ3) is 8.66. The topological polar surface area (TPSA) is 152 Å². The molecular weight excluding hydrogens is 401 g/mol. The summed E-state index contributed by atoms with van der Waals surface area (Å²) in [5, 5.41) is -1.82. The third-order valence-electron chi connectivity index (χ3n) is 1.57. The van der Waals surface area contributed by atoms with E-state index in [-0.39, 0.29) is 0 Å². The van der Waals surface area contributed by atoms with Gasteiger partial charge in [0.15, 0.2) is 0 Å². The van der Waals surface area contributed by atoms with Gasteiger partial charge in [0.1, 0.15) is 0 Å². The molecule has 15 heavy (non-hydrogen) atoms. The van der Waals surface area contributed by atoms with Crippen molar-refractivity contribution in [3.05, 3.63) is 0 Å². The molecule has 1 atom stereocenters. The summed E-state index contributed by atoms with van der Waals surface area (Å²) in [6.45, 7) is 0. The second-order valence-corrected chi connectivity index (χ2v) is 15.9. The Kier molecular flexibility index (Phi) is 5.32. The predicted octanol–water partition coefficient (Wildman–Crippen LogP) is -2.44. The van der Waals surface area contributed by atoms with Crippen LogP contribution in [0.2, 0.25) is 20.8 Å². The molecular formula is C4H13As3O8. The molecule has 0 aromatic rings. The molecule has 0 aromatic carbocycles. The summed E-state index contributed by atoms with van der Waals surface area (Å²) in [7, 11) is 0. The van der Waals surface area contributed by atoms with Crippen LogP contribution in [0.5, 0.6) is 0 Å². The van der Waals surface area contributed by atoms with E-state index < -0.39 is 57.3 Å². The zero-order valence-electron chi connectivity index (χ0n) is 7.79. The van der Waals surface area contributed by atoms with Gasteiger partial charge in [-0.05, 0) is 0 Å². The zero-order chi connectivity index (χ0) is 12.5. The summed E-state index contributed by atoms with van der Waals surface area (Å²) < 4.78 is 74.8. The van der Waals surface area contributed by atoms with Gasteiger partial charge < -0.3 is 0 Å². The Hall–Kier alpha value is 0.875. The normalized spacial score (nSPS) is 17.8. The average molecular weight is 414 g/mol. The molecule has 5 N–H and O–H groups in total. The number of hydrogen-bond acceptors (Lipinski definition) is 3. The summed E-state index contributed by atoms with van der Waals surface area (Å²) in [5.74, 6) is 0. The van der Waals surface area contributed by atoms with Crippen molar-refractivity contribution in [3.63, 3.8) is 0 Å². The van der Waals surface area contributed by atoms with Crippen molar-refractivity contribution in [3.8, 4) is 0 Å². The molecule has 0 aliphatic heterocycles. The Bertz CT molecular complexity index is 321. The molecule has 11 heteroatoms. The summed E-state index contributed by atoms with van der Waals surface area (Å²) >= 11 is -14.9. The molecule has 0 aliphatic rings. The van der Waals surface area contributed by atoms with Crippen LogP contribution >= 0.6 is 0 Å². The van der Waals surface area contributed by atoms with Gasteiger partial charge in [0.25, 0.3) is 0 Å². The summed E-state index contributed by atoms with van der Waals surface area (Å²) in [4.78, 5) is 0. The Balaban J connectivity index is 4.86. The first-order valence-electron chi connectivity index (χ1n) is 3.70. The van der Waals surface area contributed by atoms with Crippen molar-refractivity contribution >= 4 is 42.2 Å². The second-order valence-electron chi connectivity index (χ2n) is 3.29. The van der Waals surface area contributed by atoms with E-state index in [2.05, 4.69) is 0 Å². The first-order valence-corrected chi connectivity index (χ1v) is 15.8. The molecule has 8 nitrogen and oxygen atoms in total. The van der Waals surface area contributed by atoms with Gasteiger partial charge in [0, 0.05) is 0 Å². The zero-order valence-corrected chi connectivity index (χ0v) is 13.4. The predicted molar refractivity (Wildman–Crippen MR) is 49.6 cm³/mol. The first kappa shape index (κ1) is 15.9. The van der Waals surface area contributed by atoms with Gasteiger partial charge >= 0.3 is 94.7 Å². The minimum atomic E-state index is -5.16. The van der Waals surface area contributed by atoms with E-state index in [9.17, 15) is 11.2 Å². The SMILES string of the molecule is C[As](=O)(O)C(C[As](=O)(O)O)C[As](=O)(O)O. The van der Waals surface area contributed by atoms with Gasteiger partial charge in [0.2, 0.25) is 0 Å². The molecule has 0 radical (unpaired) electrons. The van der Waals surface area contributed by atoms with Crippen molar-refractivity contribution in [2.75, 3.05) is 0 Å². The van der Waals surface area contributed by atoms with Crippen LogP contribution in [0.15, 0.2) is 0 Å². The Labute approximate surface area is 94.3 Å². The summed E-state index contributed by atoms with van der Waals surface area (Å²) in [6.07, 6.45) is 0. The third-order valence-corrected chi connectivity index (χ3v) is 11.7. The van der Waals surface area contributed by atoms with E-state index in [0.29, 0.717) is 0 Å². The Morgan fingerprint density at radius 2 is 1.13 bits per heavy atom. The van der Waals surface area contributed by atoms with Gasteiger partial charge in [-0.25, -0.2) is 0 Å². The van der Waals surface area contributed by atoms with Crippen LogP contribution in [-0.2, 0) is 11.2 Å². The Morgan fingerprint density at radius 3 is 1.27 bits per heavy atom. The quantitative estimate of drug-likeness (QED) is 0.312. The van der Waals surface area contributed by atoms with E-state index in [1.807, 2.05) is 0 Å². The van der Waals surface area contributed by atoms with Gasteiger partial charge in [-0.2, -0.15) is 0 Å². The van der Waals surface area contributed by atoms with Crippen molar-refractivity contribution in [2.45, 2.75) is 20.8 Å². The van der Waals surface area contributed by atoms with Crippen molar-refractivity contribution in [1.82, 2.24) is 0 Å². The maximum atomic E-state index is 11.2. The molecule has 0 heterocycles. The van der Waals surface area contributed by atoms with Crippen LogP contribution in [0.1, 0.15) is 0 Å². The average Bonchev–Trinajstić information content (AvgIpc) is 1.75. The van der Waals surface area contributed by atoms with Crippen molar-refractivity contribution in [1.29, 1.82) is 0 Å². The second kappa shape index (κ2) is 5.02. The molecule has 0 saturated carbocycles. The fraction of sp³-hybridized carbons (Fsp3) is 1.00. The summed E-state index contributed by atoms with van der Waals surface area (Å²) in [6, 6.07) is 0. The standard InChI is InChI=1S/C4H13As3O8/c1-5(8,9)4(2-6(10,11)12)3-7(13,14)15/h4H,2-3H2,1H3,(H,8,9)(H2,10,11,12)(H2,13,14,15). The molecule has 0 aliphatic carbocycles. The summed E-state index contributed by atoms with van der Waals surface area (Å²) in [5.41, 5.74) is 0.889. The fourth-order valence-corrected chi connectivity index (χ4v) is 17.2. The first-order chi connectivity index (χ1) is 6.31. The molecule has 0 rings (SSSR count). The molecule has 0 fully saturated rings. The molecule has 92 valence electrons. The molecule has 0 bridgehead atoms. The van der Waals surface area contributed by atoms with Crippen LogP contribution in [0, 0.1) is 0 Å². The van der Waals surface area contributed by atoms with Gasteiger partial charge in [-0.1, -0.05) is 0 Å². The van der Waals surface area contributed by atoms with E-state index in [1.54, 1.807) is 0 Å². The number of rotatable bonds is 5. The van der Waals surface area contributed by atoms with Gasteiger partial charge in [-0.3, -0.25) is 0 Å². The van der Waals surface area contributed by atoms with Crippen LogP contribution in [-0.4, -0.2) is 62.7 Å². The van der Waals surface area contributed by atoms with E-state index in [1.165, 1.54) is 0 Å². The fourth-order valence-electron chi connectivity index (χ4n) is 0.910. The van der Waals surface area contributed by atoms with Crippen LogP contribution in [0.25, 0.3) is 0 Å². The van der Waals surface area contributed by atoms with E-state index in [4.69, 9.17) is 20.5 Å². The maximum absolute atomic E-state index is 11.2. The molecule has 0 saturated heterocycles. The van der Waals surface area contributed by atoms with Crippen molar-refractivity contribution < 1.29 is 31.7 Å². The molecule has 0 aromatic heterocycles. The molecule has 0 amide bonds. The Morgan fingerprint density at radius 1 is 0.867 bits per heavy atom. The van der Waals surface area contributed by atoms with Gasteiger partial charge in [-0.15, -0.1) is 0 Å². The monoisotopic (exact) mass is 414 g/mol. The van der Waals surface area contributed by atoms with Gasteiger partial charge in [0.05, 0.1) is 0 Å². The molecule has 1 unspecified atom stereocenters. The van der Waals surface area contributed by atoms with Crippen molar-refractivity contribution in [2.24, 2.45) is 0 Å². The van der Waals surface area contributed by atoms with E-state index in [0.717, 1.165) is 5.71 Å². The minimum absolute atomic E-state index is 0.889. The van der Waals surface area contributed by atoms with E-state index >= 15 is 0 Å². The number of hydrogen-bond donors (Lipinski definition) is 5. The van der Waals surface area contributed by atoms with Crippen LogP contribution in [0.4, 0.5) is 0 Å².